The second-order valence-electron chi connectivity index (χ2n) is 5.74. The summed E-state index contributed by atoms with van der Waals surface area (Å²) in [5.41, 5.74) is 5.96. The molecule has 0 unspecified atom stereocenters. The van der Waals surface area contributed by atoms with Gasteiger partial charge in [0.1, 0.15) is 5.82 Å². The van der Waals surface area contributed by atoms with Crippen molar-refractivity contribution in [2.45, 2.75) is 31.6 Å². The number of aryl methyl sites for hydroxylation is 1. The molecule has 116 valence electrons. The number of rotatable bonds is 3. The summed E-state index contributed by atoms with van der Waals surface area (Å²) < 4.78 is 40.0. The Morgan fingerprint density at radius 1 is 1.38 bits per heavy atom. The molecule has 1 aromatic carbocycles. The molecular formula is C14H19FN2O2S2. The van der Waals surface area contributed by atoms with Gasteiger partial charge in [0.05, 0.1) is 9.88 Å². The van der Waals surface area contributed by atoms with E-state index in [4.69, 9.17) is 18.0 Å². The van der Waals surface area contributed by atoms with Gasteiger partial charge < -0.3 is 5.73 Å². The molecule has 0 atom stereocenters. The lowest BCUT2D eigenvalue weighted by atomic mass is 9.81. The van der Waals surface area contributed by atoms with Gasteiger partial charge in [0.25, 0.3) is 0 Å². The van der Waals surface area contributed by atoms with Crippen LogP contribution >= 0.6 is 12.2 Å². The molecule has 21 heavy (non-hydrogen) atoms. The molecule has 1 saturated heterocycles. The molecule has 0 aliphatic carbocycles. The van der Waals surface area contributed by atoms with Crippen LogP contribution in [0.2, 0.25) is 0 Å². The van der Waals surface area contributed by atoms with E-state index in [9.17, 15) is 12.8 Å². The van der Waals surface area contributed by atoms with E-state index in [0.717, 1.165) is 6.07 Å². The van der Waals surface area contributed by atoms with Crippen molar-refractivity contribution in [2.75, 3.05) is 13.1 Å². The van der Waals surface area contributed by atoms with E-state index in [1.54, 1.807) is 6.92 Å². The summed E-state index contributed by atoms with van der Waals surface area (Å²) >= 11 is 5.05. The first kappa shape index (κ1) is 16.3. The molecule has 1 aliphatic rings. The molecule has 2 N–H and O–H groups in total. The van der Waals surface area contributed by atoms with Gasteiger partial charge in [-0.05, 0) is 37.5 Å². The topological polar surface area (TPSA) is 63.4 Å². The molecule has 0 saturated carbocycles. The van der Waals surface area contributed by atoms with Crippen molar-refractivity contribution in [1.82, 2.24) is 4.31 Å². The minimum absolute atomic E-state index is 0.0291. The van der Waals surface area contributed by atoms with Crippen LogP contribution in [0, 0.1) is 18.2 Å². The third kappa shape index (κ3) is 3.09. The largest absolute Gasteiger partial charge is 0.393 e. The van der Waals surface area contributed by atoms with Gasteiger partial charge in [0, 0.05) is 18.5 Å². The van der Waals surface area contributed by atoms with Crippen LogP contribution in [0.3, 0.4) is 0 Å². The standard InChI is InChI=1S/C14H19FN2O2S2/c1-10-3-4-11(15)9-12(10)21(18,19)17-7-5-14(2,6-8-17)13(16)20/h3-4,9H,5-8H2,1-2H3,(H2,16,20). The fraction of sp³-hybridized carbons (Fsp3) is 0.500. The fourth-order valence-electron chi connectivity index (χ4n) is 2.46. The number of thiocarbonyl (C=S) groups is 1. The van der Waals surface area contributed by atoms with Gasteiger partial charge in [-0.3, -0.25) is 0 Å². The van der Waals surface area contributed by atoms with Gasteiger partial charge in [-0.1, -0.05) is 25.2 Å². The Morgan fingerprint density at radius 3 is 2.48 bits per heavy atom. The number of hydrogen-bond donors (Lipinski definition) is 1. The Balaban J connectivity index is 2.27. The van der Waals surface area contributed by atoms with Crippen molar-refractivity contribution in [3.8, 4) is 0 Å². The normalized spacial score (nSPS) is 19.4. The van der Waals surface area contributed by atoms with Crippen molar-refractivity contribution in [3.05, 3.63) is 29.6 Å². The minimum Gasteiger partial charge on any atom is -0.393 e. The van der Waals surface area contributed by atoms with Gasteiger partial charge in [-0.15, -0.1) is 0 Å². The molecule has 2 rings (SSSR count). The lowest BCUT2D eigenvalue weighted by Gasteiger charge is -2.38. The Morgan fingerprint density at radius 2 is 1.95 bits per heavy atom. The van der Waals surface area contributed by atoms with Gasteiger partial charge in [0.15, 0.2) is 0 Å². The lowest BCUT2D eigenvalue weighted by molar-refractivity contribution is 0.244. The quantitative estimate of drug-likeness (QED) is 0.863. The first-order valence-corrected chi connectivity index (χ1v) is 8.58. The molecule has 1 heterocycles. The van der Waals surface area contributed by atoms with E-state index >= 15 is 0 Å². The summed E-state index contributed by atoms with van der Waals surface area (Å²) in [6, 6.07) is 3.81. The average Bonchev–Trinajstić information content (AvgIpc) is 2.41. The van der Waals surface area contributed by atoms with Crippen molar-refractivity contribution in [1.29, 1.82) is 0 Å². The first-order valence-electron chi connectivity index (χ1n) is 6.73. The monoisotopic (exact) mass is 330 g/mol. The third-order valence-corrected chi connectivity index (χ3v) is 6.72. The highest BCUT2D eigenvalue weighted by Crippen LogP contribution is 2.34. The number of nitrogens with two attached hydrogens (primary N) is 1. The van der Waals surface area contributed by atoms with E-state index in [0.29, 0.717) is 36.5 Å². The number of sulfonamides is 1. The van der Waals surface area contributed by atoms with E-state index in [1.807, 2.05) is 6.92 Å². The minimum atomic E-state index is -3.68. The van der Waals surface area contributed by atoms with Crippen molar-refractivity contribution >= 4 is 27.2 Å². The number of benzene rings is 1. The number of hydrogen-bond acceptors (Lipinski definition) is 3. The smallest absolute Gasteiger partial charge is 0.243 e. The van der Waals surface area contributed by atoms with Crippen LogP contribution in [-0.4, -0.2) is 30.8 Å². The number of piperidine rings is 1. The second kappa shape index (κ2) is 5.62. The molecule has 0 aromatic heterocycles. The van der Waals surface area contributed by atoms with Crippen LogP contribution < -0.4 is 5.73 Å². The maximum absolute atomic E-state index is 13.4. The Kier molecular flexibility index (Phi) is 4.37. The molecule has 4 nitrogen and oxygen atoms in total. The van der Waals surface area contributed by atoms with Crippen LogP contribution in [0.5, 0.6) is 0 Å². The van der Waals surface area contributed by atoms with Crippen LogP contribution in [0.25, 0.3) is 0 Å². The SMILES string of the molecule is Cc1ccc(F)cc1S(=O)(=O)N1CCC(C)(C(N)=S)CC1. The fourth-order valence-corrected chi connectivity index (χ4v) is 4.34. The second-order valence-corrected chi connectivity index (χ2v) is 8.08. The molecule has 0 bridgehead atoms. The van der Waals surface area contributed by atoms with Crippen LogP contribution in [0.15, 0.2) is 23.1 Å². The van der Waals surface area contributed by atoms with E-state index in [-0.39, 0.29) is 10.3 Å². The Bertz CT molecular complexity index is 666. The molecular weight excluding hydrogens is 311 g/mol. The summed E-state index contributed by atoms with van der Waals surface area (Å²) in [6.07, 6.45) is 1.16. The zero-order valence-corrected chi connectivity index (χ0v) is 13.7. The lowest BCUT2D eigenvalue weighted by Crippen LogP contribution is -2.46. The molecule has 7 heteroatoms. The van der Waals surface area contributed by atoms with Crippen LogP contribution in [0.1, 0.15) is 25.3 Å². The first-order chi connectivity index (χ1) is 9.67. The molecule has 0 amide bonds. The van der Waals surface area contributed by atoms with Crippen molar-refractivity contribution in [2.24, 2.45) is 11.1 Å². The van der Waals surface area contributed by atoms with Gasteiger partial charge in [-0.25, -0.2) is 12.8 Å². The highest BCUT2D eigenvalue weighted by Gasteiger charge is 2.37. The van der Waals surface area contributed by atoms with E-state index < -0.39 is 15.8 Å². The summed E-state index contributed by atoms with van der Waals surface area (Å²) in [5.74, 6) is -0.552. The summed E-state index contributed by atoms with van der Waals surface area (Å²) in [4.78, 5) is 0.447. The Hall–Kier alpha value is -1.05. The Labute approximate surface area is 130 Å². The van der Waals surface area contributed by atoms with Gasteiger partial charge >= 0.3 is 0 Å². The zero-order chi connectivity index (χ0) is 15.8. The maximum Gasteiger partial charge on any atom is 0.243 e. The van der Waals surface area contributed by atoms with Crippen LogP contribution in [0.4, 0.5) is 4.39 Å². The molecule has 0 spiro atoms. The summed E-state index contributed by atoms with van der Waals surface area (Å²) in [6.45, 7) is 4.29. The molecule has 1 aromatic rings. The van der Waals surface area contributed by atoms with Crippen molar-refractivity contribution in [3.63, 3.8) is 0 Å². The predicted octanol–water partition coefficient (Wildman–Crippen LogP) is 2.21. The number of halogens is 1. The van der Waals surface area contributed by atoms with Gasteiger partial charge in [0.2, 0.25) is 10.0 Å². The molecule has 0 radical (unpaired) electrons. The van der Waals surface area contributed by atoms with Crippen LogP contribution in [-0.2, 0) is 10.0 Å². The average molecular weight is 330 g/mol. The van der Waals surface area contributed by atoms with Gasteiger partial charge in [-0.2, -0.15) is 4.31 Å². The van der Waals surface area contributed by atoms with E-state index in [1.165, 1.54) is 16.4 Å². The number of nitrogens with zero attached hydrogens (tertiary/aromatic N) is 1. The summed E-state index contributed by atoms with van der Waals surface area (Å²) in [7, 11) is -3.68. The highest BCUT2D eigenvalue weighted by molar-refractivity contribution is 7.89. The van der Waals surface area contributed by atoms with E-state index in [2.05, 4.69) is 0 Å². The third-order valence-electron chi connectivity index (χ3n) is 4.19. The van der Waals surface area contributed by atoms with Crippen molar-refractivity contribution < 1.29 is 12.8 Å². The molecule has 1 fully saturated rings. The zero-order valence-electron chi connectivity index (χ0n) is 12.1. The summed E-state index contributed by atoms with van der Waals surface area (Å²) in [5, 5.41) is 0. The maximum atomic E-state index is 13.4. The highest BCUT2D eigenvalue weighted by atomic mass is 32.2. The predicted molar refractivity (Wildman–Crippen MR) is 84.0 cm³/mol. The molecule has 1 aliphatic heterocycles.